The molecule has 5 rings (SSSR count). The van der Waals surface area contributed by atoms with E-state index in [0.29, 0.717) is 73.3 Å². The minimum atomic E-state index is -0.874. The molecule has 2 heterocycles. The lowest BCUT2D eigenvalue weighted by molar-refractivity contribution is -0.132. The van der Waals surface area contributed by atoms with Crippen LogP contribution in [-0.4, -0.2) is 55.0 Å². The fourth-order valence-corrected chi connectivity index (χ4v) is 6.22. The second-order valence-electron chi connectivity index (χ2n) is 10.9. The summed E-state index contributed by atoms with van der Waals surface area (Å²) in [5, 5.41) is 0.919. The summed E-state index contributed by atoms with van der Waals surface area (Å²) in [6, 6.07) is 20.0. The Balaban J connectivity index is 1.34. The smallest absolute Gasteiger partial charge is 0.414 e. The highest BCUT2D eigenvalue weighted by molar-refractivity contribution is 6.42. The molecule has 1 fully saturated rings. The van der Waals surface area contributed by atoms with Crippen LogP contribution in [-0.2, 0) is 21.7 Å². The van der Waals surface area contributed by atoms with E-state index in [9.17, 15) is 14.0 Å². The van der Waals surface area contributed by atoms with Crippen LogP contribution in [0, 0.1) is 5.82 Å². The molecule has 3 aromatic carbocycles. The van der Waals surface area contributed by atoms with Gasteiger partial charge in [-0.05, 0) is 48.4 Å². The van der Waals surface area contributed by atoms with Crippen LogP contribution in [0.1, 0.15) is 48.8 Å². The Morgan fingerprint density at radius 2 is 1.78 bits per heavy atom. The molecule has 0 bridgehead atoms. The molecule has 2 amide bonds. The van der Waals surface area contributed by atoms with Crippen molar-refractivity contribution in [1.29, 1.82) is 0 Å². The van der Waals surface area contributed by atoms with Gasteiger partial charge in [-0.15, -0.1) is 0 Å². The third-order valence-corrected chi connectivity index (χ3v) is 9.04. The number of carbonyl (C=O) groups excluding carboxylic acids is 2. The predicted molar refractivity (Wildman–Crippen MR) is 160 cm³/mol. The summed E-state index contributed by atoms with van der Waals surface area (Å²) in [7, 11) is 1.64. The SMILES string of the molecule is CCN(Cc1ccccc1)C(=O)CC(CN1CCC2(CC1)OC(=O)N(C)c1ccc(F)cc12)c1ccc(Cl)c(Cl)c1. The average Bonchev–Trinajstić information content (AvgIpc) is 2.97. The second kappa shape index (κ2) is 12.4. The monoisotopic (exact) mass is 597 g/mol. The Bertz CT molecular complexity index is 1410. The number of rotatable bonds is 8. The summed E-state index contributed by atoms with van der Waals surface area (Å²) < 4.78 is 20.2. The average molecular weight is 599 g/mol. The van der Waals surface area contributed by atoms with Crippen LogP contribution < -0.4 is 4.90 Å². The maximum atomic E-state index is 14.3. The van der Waals surface area contributed by atoms with Gasteiger partial charge in [-0.1, -0.05) is 59.6 Å². The number of hydrogen-bond donors (Lipinski definition) is 0. The van der Waals surface area contributed by atoms with E-state index >= 15 is 0 Å². The molecular formula is C32H34Cl2FN3O3. The van der Waals surface area contributed by atoms with Crippen LogP contribution in [0.3, 0.4) is 0 Å². The standard InChI is InChI=1S/C32H34Cl2FN3O3/c1-3-38(20-22-7-5-4-6-8-22)30(39)18-24(23-9-11-27(33)28(34)17-23)21-37-15-13-32(14-16-37)26-19-25(35)10-12-29(26)36(2)31(40)41-32/h4-12,17,19,24H,3,13-16,18,20-21H2,1-2H3. The summed E-state index contributed by atoms with van der Waals surface area (Å²) in [5.74, 6) is -0.415. The minimum Gasteiger partial charge on any atom is -0.437 e. The molecule has 1 spiro atoms. The Labute approximate surface area is 250 Å². The van der Waals surface area contributed by atoms with E-state index in [4.69, 9.17) is 27.9 Å². The lowest BCUT2D eigenvalue weighted by Crippen LogP contribution is -2.51. The maximum absolute atomic E-state index is 14.3. The quantitative estimate of drug-likeness (QED) is 0.275. The maximum Gasteiger partial charge on any atom is 0.414 e. The summed E-state index contributed by atoms with van der Waals surface area (Å²) in [6.07, 6.45) is 0.934. The van der Waals surface area contributed by atoms with Gasteiger partial charge in [0.05, 0.1) is 15.7 Å². The van der Waals surface area contributed by atoms with Crippen molar-refractivity contribution in [3.8, 4) is 0 Å². The first-order chi connectivity index (χ1) is 19.7. The minimum absolute atomic E-state index is 0.0644. The van der Waals surface area contributed by atoms with Gasteiger partial charge in [0.15, 0.2) is 0 Å². The Morgan fingerprint density at radius 3 is 2.46 bits per heavy atom. The molecule has 0 N–H and O–H groups in total. The topological polar surface area (TPSA) is 53.1 Å². The number of anilines is 1. The van der Waals surface area contributed by atoms with Gasteiger partial charge in [0.25, 0.3) is 0 Å². The molecule has 3 aromatic rings. The molecule has 0 saturated carbocycles. The molecule has 0 radical (unpaired) electrons. The van der Waals surface area contributed by atoms with Crippen molar-refractivity contribution in [3.63, 3.8) is 0 Å². The number of hydrogen-bond acceptors (Lipinski definition) is 4. The third-order valence-electron chi connectivity index (χ3n) is 8.30. The van der Waals surface area contributed by atoms with Gasteiger partial charge < -0.3 is 14.5 Å². The van der Waals surface area contributed by atoms with Gasteiger partial charge in [-0.3, -0.25) is 9.69 Å². The number of nitrogens with zero attached hydrogens (tertiary/aromatic N) is 3. The number of fused-ring (bicyclic) bond motifs is 2. The summed E-state index contributed by atoms with van der Waals surface area (Å²) in [6.45, 7) is 5.01. The molecule has 6 nitrogen and oxygen atoms in total. The molecular weight excluding hydrogens is 564 g/mol. The van der Waals surface area contributed by atoms with E-state index in [1.165, 1.54) is 17.0 Å². The van der Waals surface area contributed by atoms with E-state index in [1.54, 1.807) is 19.2 Å². The first kappa shape index (κ1) is 29.4. The number of amides is 2. The van der Waals surface area contributed by atoms with E-state index in [1.807, 2.05) is 54.3 Å². The Kier molecular flexibility index (Phi) is 8.88. The fourth-order valence-electron chi connectivity index (χ4n) is 5.91. The second-order valence-corrected chi connectivity index (χ2v) is 11.7. The molecule has 1 saturated heterocycles. The lowest BCUT2D eigenvalue weighted by atomic mass is 9.81. The number of piperidine rings is 1. The zero-order valence-electron chi connectivity index (χ0n) is 23.3. The van der Waals surface area contributed by atoms with Gasteiger partial charge >= 0.3 is 6.09 Å². The summed E-state index contributed by atoms with van der Waals surface area (Å²) in [5.41, 5.74) is 2.53. The van der Waals surface area contributed by atoms with Crippen LogP contribution in [0.25, 0.3) is 0 Å². The molecule has 216 valence electrons. The molecule has 1 atom stereocenters. The van der Waals surface area contributed by atoms with Crippen LogP contribution in [0.2, 0.25) is 10.0 Å². The van der Waals surface area contributed by atoms with Crippen molar-refractivity contribution in [2.75, 3.05) is 38.1 Å². The highest BCUT2D eigenvalue weighted by Crippen LogP contribution is 2.45. The van der Waals surface area contributed by atoms with Crippen LogP contribution in [0.5, 0.6) is 0 Å². The van der Waals surface area contributed by atoms with Crippen molar-refractivity contribution in [2.24, 2.45) is 0 Å². The van der Waals surface area contributed by atoms with E-state index in [-0.39, 0.29) is 17.6 Å². The molecule has 2 aliphatic heterocycles. The van der Waals surface area contributed by atoms with Crippen molar-refractivity contribution < 1.29 is 18.7 Å². The van der Waals surface area contributed by atoms with Crippen LogP contribution in [0.15, 0.2) is 66.7 Å². The van der Waals surface area contributed by atoms with Gasteiger partial charge in [0, 0.05) is 70.5 Å². The van der Waals surface area contributed by atoms with Crippen molar-refractivity contribution in [1.82, 2.24) is 9.80 Å². The first-order valence-corrected chi connectivity index (χ1v) is 14.7. The van der Waals surface area contributed by atoms with Crippen LogP contribution in [0.4, 0.5) is 14.9 Å². The molecule has 0 aliphatic carbocycles. The van der Waals surface area contributed by atoms with E-state index < -0.39 is 11.7 Å². The molecule has 9 heteroatoms. The van der Waals surface area contributed by atoms with E-state index in [2.05, 4.69) is 4.90 Å². The Hall–Kier alpha value is -3.13. The van der Waals surface area contributed by atoms with Crippen molar-refractivity contribution in [2.45, 2.75) is 44.2 Å². The predicted octanol–water partition coefficient (Wildman–Crippen LogP) is 7.23. The lowest BCUT2D eigenvalue weighted by Gasteiger charge is -2.46. The normalized spacial score (nSPS) is 17.2. The highest BCUT2D eigenvalue weighted by Gasteiger charge is 2.46. The van der Waals surface area contributed by atoms with Gasteiger partial charge in [0.2, 0.25) is 5.91 Å². The van der Waals surface area contributed by atoms with E-state index in [0.717, 1.165) is 11.1 Å². The zero-order valence-corrected chi connectivity index (χ0v) is 24.8. The molecule has 41 heavy (non-hydrogen) atoms. The van der Waals surface area contributed by atoms with Crippen molar-refractivity contribution in [3.05, 3.63) is 99.3 Å². The number of likely N-dealkylation sites (tertiary alicyclic amines) is 1. The largest absolute Gasteiger partial charge is 0.437 e. The zero-order chi connectivity index (χ0) is 29.1. The molecule has 2 aliphatic rings. The number of carbonyl (C=O) groups is 2. The highest BCUT2D eigenvalue weighted by atomic mass is 35.5. The summed E-state index contributed by atoms with van der Waals surface area (Å²) in [4.78, 5) is 31.9. The fraction of sp³-hybridized carbons (Fsp3) is 0.375. The third kappa shape index (κ3) is 6.37. The Morgan fingerprint density at radius 1 is 1.05 bits per heavy atom. The number of ether oxygens (including phenoxy) is 1. The summed E-state index contributed by atoms with van der Waals surface area (Å²) >= 11 is 12.6. The molecule has 1 unspecified atom stereocenters. The van der Waals surface area contributed by atoms with Crippen LogP contribution >= 0.6 is 23.2 Å². The number of halogens is 3. The van der Waals surface area contributed by atoms with Gasteiger partial charge in [0.1, 0.15) is 11.4 Å². The van der Waals surface area contributed by atoms with Gasteiger partial charge in [-0.25, -0.2) is 9.18 Å². The molecule has 0 aromatic heterocycles. The van der Waals surface area contributed by atoms with Gasteiger partial charge in [-0.2, -0.15) is 0 Å². The first-order valence-electron chi connectivity index (χ1n) is 13.9. The van der Waals surface area contributed by atoms with Crippen molar-refractivity contribution >= 4 is 40.9 Å². The number of benzene rings is 3.